The van der Waals surface area contributed by atoms with Gasteiger partial charge in [0.1, 0.15) is 12.6 Å². The van der Waals surface area contributed by atoms with Gasteiger partial charge in [-0.1, -0.05) is 101 Å². The van der Waals surface area contributed by atoms with Crippen LogP contribution in [-0.2, 0) is 32.6 Å². The van der Waals surface area contributed by atoms with Crippen LogP contribution < -0.4 is 9.62 Å². The van der Waals surface area contributed by atoms with E-state index in [1.165, 1.54) is 17.0 Å². The molecule has 0 saturated heterocycles. The molecule has 0 heterocycles. The molecule has 0 fully saturated rings. The molecule has 0 aliphatic carbocycles. The molecule has 230 valence electrons. The number of nitrogens with zero attached hydrogens (tertiary/aromatic N) is 2. The maximum absolute atomic E-state index is 14.5. The number of aryl methyl sites for hydroxylation is 1. The van der Waals surface area contributed by atoms with E-state index in [9.17, 15) is 18.0 Å². The molecular weight excluding hydrogens is 662 g/mol. The predicted octanol–water partition coefficient (Wildman–Crippen LogP) is 6.77. The summed E-state index contributed by atoms with van der Waals surface area (Å²) in [6, 6.07) is 28.9. The third kappa shape index (κ3) is 8.49. The van der Waals surface area contributed by atoms with Gasteiger partial charge in [0.15, 0.2) is 0 Å². The van der Waals surface area contributed by atoms with Crippen molar-refractivity contribution < 1.29 is 18.0 Å². The topological polar surface area (TPSA) is 86.8 Å². The third-order valence-corrected chi connectivity index (χ3v) is 9.61. The van der Waals surface area contributed by atoms with Gasteiger partial charge in [-0.05, 0) is 66.4 Å². The number of halogens is 2. The lowest BCUT2D eigenvalue weighted by Gasteiger charge is -2.34. The Morgan fingerprint density at radius 2 is 1.55 bits per heavy atom. The molecule has 1 N–H and O–H groups in total. The van der Waals surface area contributed by atoms with Crippen LogP contribution in [0.5, 0.6) is 0 Å². The molecule has 7 nitrogen and oxygen atoms in total. The lowest BCUT2D eigenvalue weighted by atomic mass is 10.0. The molecule has 0 spiro atoms. The molecule has 4 aromatic rings. The van der Waals surface area contributed by atoms with Crippen LogP contribution in [0, 0.1) is 6.92 Å². The van der Waals surface area contributed by atoms with E-state index in [1.807, 2.05) is 61.5 Å². The Morgan fingerprint density at radius 1 is 0.886 bits per heavy atom. The van der Waals surface area contributed by atoms with Crippen molar-refractivity contribution in [1.82, 2.24) is 10.2 Å². The molecule has 0 aliphatic heterocycles. The zero-order chi connectivity index (χ0) is 31.7. The van der Waals surface area contributed by atoms with Crippen molar-refractivity contribution in [3.05, 3.63) is 129 Å². The van der Waals surface area contributed by atoms with Gasteiger partial charge in [-0.25, -0.2) is 8.42 Å². The summed E-state index contributed by atoms with van der Waals surface area (Å²) < 4.78 is 30.1. The van der Waals surface area contributed by atoms with Crippen LogP contribution in [0.4, 0.5) is 5.69 Å². The highest BCUT2D eigenvalue weighted by atomic mass is 79.9. The monoisotopic (exact) mass is 695 g/mol. The first kappa shape index (κ1) is 33.2. The Labute approximate surface area is 273 Å². The van der Waals surface area contributed by atoms with Gasteiger partial charge in [0.25, 0.3) is 10.0 Å². The maximum Gasteiger partial charge on any atom is 0.264 e. The average Bonchev–Trinajstić information content (AvgIpc) is 3.02. The largest absolute Gasteiger partial charge is 0.354 e. The number of carbonyl (C=O) groups excluding carboxylic acids is 2. The molecule has 0 unspecified atom stereocenters. The van der Waals surface area contributed by atoms with Crippen LogP contribution in [0.2, 0.25) is 5.02 Å². The molecule has 0 aromatic heterocycles. The number of hydrogen-bond acceptors (Lipinski definition) is 4. The number of hydrogen-bond donors (Lipinski definition) is 1. The first-order chi connectivity index (χ1) is 21.1. The second-order valence-corrected chi connectivity index (χ2v) is 13.6. The summed E-state index contributed by atoms with van der Waals surface area (Å²) in [7, 11) is -4.20. The molecule has 1 atom stereocenters. The zero-order valence-electron chi connectivity index (χ0n) is 24.6. The Morgan fingerprint density at radius 3 is 2.20 bits per heavy atom. The fourth-order valence-electron chi connectivity index (χ4n) is 4.84. The number of rotatable bonds is 13. The van der Waals surface area contributed by atoms with Crippen LogP contribution in [0.25, 0.3) is 0 Å². The Bertz CT molecular complexity index is 1690. The normalized spacial score (nSPS) is 11.9. The molecular formula is C34H35BrClN3O4S. The van der Waals surface area contributed by atoms with Crippen LogP contribution in [0.1, 0.15) is 30.0 Å². The van der Waals surface area contributed by atoms with Crippen molar-refractivity contribution in [2.45, 2.75) is 44.2 Å². The van der Waals surface area contributed by atoms with Gasteiger partial charge in [-0.3, -0.25) is 13.9 Å². The van der Waals surface area contributed by atoms with E-state index in [0.717, 1.165) is 26.3 Å². The standard InChI is InChI=1S/C34H35BrClN3O4S/c1-3-19-37-34(41)32(21-26-11-6-4-7-12-26)38(23-27-13-10-14-28(35)20-27)33(40)24-39(31-22-29(36)18-17-25(31)2)44(42,43)30-15-8-5-9-16-30/h4-18,20,22,32H,3,19,21,23-24H2,1-2H3,(H,37,41)/t32-/m0/s1. The van der Waals surface area contributed by atoms with Gasteiger partial charge >= 0.3 is 0 Å². The van der Waals surface area contributed by atoms with Gasteiger partial charge < -0.3 is 10.2 Å². The lowest BCUT2D eigenvalue weighted by molar-refractivity contribution is -0.140. The fourth-order valence-corrected chi connectivity index (χ4v) is 6.94. The third-order valence-electron chi connectivity index (χ3n) is 7.11. The number of nitrogens with one attached hydrogen (secondary N) is 1. The van der Waals surface area contributed by atoms with E-state index in [0.29, 0.717) is 17.1 Å². The molecule has 44 heavy (non-hydrogen) atoms. The minimum Gasteiger partial charge on any atom is -0.354 e. The highest BCUT2D eigenvalue weighted by Gasteiger charge is 2.35. The summed E-state index contributed by atoms with van der Waals surface area (Å²) in [5.41, 5.74) is 2.56. The lowest BCUT2D eigenvalue weighted by Crippen LogP contribution is -2.53. The summed E-state index contributed by atoms with van der Waals surface area (Å²) in [5, 5.41) is 3.28. The van der Waals surface area contributed by atoms with E-state index in [1.54, 1.807) is 43.3 Å². The van der Waals surface area contributed by atoms with Crippen molar-refractivity contribution in [2.24, 2.45) is 0 Å². The Kier molecular flexibility index (Phi) is 11.6. The highest BCUT2D eigenvalue weighted by Crippen LogP contribution is 2.30. The van der Waals surface area contributed by atoms with Crippen LogP contribution in [0.15, 0.2) is 112 Å². The fraction of sp³-hybridized carbons (Fsp3) is 0.235. The maximum atomic E-state index is 14.5. The zero-order valence-corrected chi connectivity index (χ0v) is 27.8. The van der Waals surface area contributed by atoms with E-state index in [-0.39, 0.29) is 29.5 Å². The van der Waals surface area contributed by atoms with Crippen molar-refractivity contribution in [3.8, 4) is 0 Å². The van der Waals surface area contributed by atoms with Gasteiger partial charge in [0.2, 0.25) is 11.8 Å². The van der Waals surface area contributed by atoms with Gasteiger partial charge in [0, 0.05) is 29.0 Å². The van der Waals surface area contributed by atoms with Gasteiger partial charge in [-0.15, -0.1) is 0 Å². The number of anilines is 1. The van der Waals surface area contributed by atoms with Crippen molar-refractivity contribution >= 4 is 55.1 Å². The minimum atomic E-state index is -4.20. The van der Waals surface area contributed by atoms with Crippen LogP contribution in [0.3, 0.4) is 0 Å². The van der Waals surface area contributed by atoms with Crippen molar-refractivity contribution in [3.63, 3.8) is 0 Å². The number of sulfonamides is 1. The van der Waals surface area contributed by atoms with Crippen LogP contribution in [-0.4, -0.2) is 44.3 Å². The summed E-state index contributed by atoms with van der Waals surface area (Å²) in [6.07, 6.45) is 0.971. The van der Waals surface area contributed by atoms with Crippen molar-refractivity contribution in [2.75, 3.05) is 17.4 Å². The smallest absolute Gasteiger partial charge is 0.264 e. The second kappa shape index (κ2) is 15.4. The van der Waals surface area contributed by atoms with Crippen LogP contribution >= 0.6 is 27.5 Å². The summed E-state index contributed by atoms with van der Waals surface area (Å²) >= 11 is 9.83. The van der Waals surface area contributed by atoms with E-state index >= 15 is 0 Å². The quantitative estimate of drug-likeness (QED) is 0.167. The SMILES string of the molecule is CCCNC(=O)[C@H](Cc1ccccc1)N(Cc1cccc(Br)c1)C(=O)CN(c1cc(Cl)ccc1C)S(=O)(=O)c1ccccc1. The molecule has 0 radical (unpaired) electrons. The molecule has 0 aliphatic rings. The first-order valence-corrected chi connectivity index (χ1v) is 16.9. The molecule has 10 heteroatoms. The molecule has 0 bridgehead atoms. The van der Waals surface area contributed by atoms with Gasteiger partial charge in [0.05, 0.1) is 10.6 Å². The first-order valence-electron chi connectivity index (χ1n) is 14.3. The van der Waals surface area contributed by atoms with Crippen molar-refractivity contribution in [1.29, 1.82) is 0 Å². The molecule has 0 saturated carbocycles. The highest BCUT2D eigenvalue weighted by molar-refractivity contribution is 9.10. The number of carbonyl (C=O) groups is 2. The number of amides is 2. The summed E-state index contributed by atoms with van der Waals surface area (Å²) in [6.45, 7) is 3.71. The Hall–Kier alpha value is -3.66. The minimum absolute atomic E-state index is 0.0345. The van der Waals surface area contributed by atoms with E-state index in [2.05, 4.69) is 21.2 Å². The van der Waals surface area contributed by atoms with Gasteiger partial charge in [-0.2, -0.15) is 0 Å². The molecule has 4 aromatic carbocycles. The Balaban J connectivity index is 1.82. The average molecular weight is 697 g/mol. The summed E-state index contributed by atoms with van der Waals surface area (Å²) in [4.78, 5) is 29.7. The second-order valence-electron chi connectivity index (χ2n) is 10.4. The van der Waals surface area contributed by atoms with E-state index < -0.39 is 28.5 Å². The van der Waals surface area contributed by atoms with E-state index in [4.69, 9.17) is 11.6 Å². The number of benzene rings is 4. The predicted molar refractivity (Wildman–Crippen MR) is 179 cm³/mol. The molecule has 4 rings (SSSR count). The summed E-state index contributed by atoms with van der Waals surface area (Å²) in [5.74, 6) is -0.841. The molecule has 2 amide bonds.